The number of nitrogens with two attached hydrogens (primary N) is 1. The van der Waals surface area contributed by atoms with Crippen molar-refractivity contribution in [3.63, 3.8) is 0 Å². The molecule has 0 unspecified atom stereocenters. The van der Waals surface area contributed by atoms with E-state index in [0.29, 0.717) is 12.1 Å². The van der Waals surface area contributed by atoms with E-state index in [0.717, 1.165) is 10.8 Å². The van der Waals surface area contributed by atoms with Crippen LogP contribution < -0.4 is 5.73 Å². The van der Waals surface area contributed by atoms with Crippen molar-refractivity contribution in [1.82, 2.24) is 19.4 Å². The van der Waals surface area contributed by atoms with Gasteiger partial charge in [0.15, 0.2) is 11.6 Å². The van der Waals surface area contributed by atoms with E-state index >= 15 is 0 Å². The van der Waals surface area contributed by atoms with Crippen LogP contribution in [0.25, 0.3) is 11.3 Å². The van der Waals surface area contributed by atoms with Gasteiger partial charge in [0.25, 0.3) is 0 Å². The third-order valence-electron chi connectivity index (χ3n) is 5.64. The first-order chi connectivity index (χ1) is 16.5. The number of carbonyl (C=O) groups is 1. The van der Waals surface area contributed by atoms with Crippen LogP contribution in [0.3, 0.4) is 0 Å². The number of amides is 1. The number of benzene rings is 1. The third kappa shape index (κ3) is 4.99. The first kappa shape index (κ1) is 24.6. The molecule has 35 heavy (non-hydrogen) atoms. The molecule has 186 valence electrons. The van der Waals surface area contributed by atoms with Crippen molar-refractivity contribution < 1.29 is 35.5 Å². The molecule has 0 saturated heterocycles. The van der Waals surface area contributed by atoms with Gasteiger partial charge in [0.1, 0.15) is 5.82 Å². The lowest BCUT2D eigenvalue weighted by atomic mass is 10.0. The van der Waals surface area contributed by atoms with Crippen LogP contribution in [-0.4, -0.2) is 37.9 Å². The Labute approximate surface area is 194 Å². The Morgan fingerprint density at radius 3 is 2.49 bits per heavy atom. The number of imidazole rings is 1. The van der Waals surface area contributed by atoms with Crippen LogP contribution in [0.1, 0.15) is 23.5 Å². The maximum atomic E-state index is 14.3. The first-order valence-corrected chi connectivity index (χ1v) is 10.4. The molecule has 0 radical (unpaired) electrons. The minimum atomic E-state index is -4.81. The van der Waals surface area contributed by atoms with E-state index in [4.69, 9.17) is 5.73 Å². The van der Waals surface area contributed by atoms with E-state index in [9.17, 15) is 35.5 Å². The highest BCUT2D eigenvalue weighted by Gasteiger charge is 2.41. The smallest absolute Gasteiger partial charge is 0.335 e. The van der Waals surface area contributed by atoms with Gasteiger partial charge in [-0.3, -0.25) is 4.79 Å². The average Bonchev–Trinajstić information content (AvgIpc) is 3.17. The molecule has 4 rings (SSSR count). The molecule has 1 atom stereocenters. The summed E-state index contributed by atoms with van der Waals surface area (Å²) in [5.74, 6) is -6.43. The van der Waals surface area contributed by atoms with Crippen molar-refractivity contribution in [2.24, 2.45) is 5.73 Å². The van der Waals surface area contributed by atoms with Gasteiger partial charge in [0.05, 0.1) is 23.5 Å². The largest absolute Gasteiger partial charge is 0.449 e. The Hall–Kier alpha value is -3.48. The monoisotopic (exact) mass is 501 g/mol. The summed E-state index contributed by atoms with van der Waals surface area (Å²) >= 11 is 0. The van der Waals surface area contributed by atoms with Crippen LogP contribution in [0.2, 0.25) is 0 Å². The van der Waals surface area contributed by atoms with E-state index in [1.165, 1.54) is 17.0 Å². The zero-order valence-corrected chi connectivity index (χ0v) is 17.9. The van der Waals surface area contributed by atoms with Crippen molar-refractivity contribution in [2.75, 3.05) is 6.54 Å². The SMILES string of the molecule is N[C@@H](CC(=O)N1CCn2c(C(F)(F)F)nc(-c3cccnc3F)c2C1)Cc1cc(F)c(F)cc1F. The molecule has 1 aliphatic heterocycles. The lowest BCUT2D eigenvalue weighted by Crippen LogP contribution is -2.42. The van der Waals surface area contributed by atoms with Crippen LogP contribution >= 0.6 is 0 Å². The molecular weight excluding hydrogens is 483 g/mol. The second-order valence-electron chi connectivity index (χ2n) is 8.06. The van der Waals surface area contributed by atoms with Crippen LogP contribution in [0.4, 0.5) is 30.7 Å². The lowest BCUT2D eigenvalue weighted by Gasteiger charge is -2.30. The van der Waals surface area contributed by atoms with E-state index in [1.807, 2.05) is 0 Å². The van der Waals surface area contributed by atoms with Crippen molar-refractivity contribution in [3.05, 3.63) is 70.9 Å². The van der Waals surface area contributed by atoms with Crippen LogP contribution in [0.15, 0.2) is 30.5 Å². The average molecular weight is 501 g/mol. The minimum Gasteiger partial charge on any atom is -0.335 e. The number of aromatic nitrogens is 3. The van der Waals surface area contributed by atoms with Crippen molar-refractivity contribution >= 4 is 5.91 Å². The van der Waals surface area contributed by atoms with Gasteiger partial charge in [0.2, 0.25) is 17.7 Å². The Morgan fingerprint density at radius 1 is 1.09 bits per heavy atom. The maximum Gasteiger partial charge on any atom is 0.449 e. The molecule has 1 aromatic carbocycles. The van der Waals surface area contributed by atoms with Gasteiger partial charge in [-0.05, 0) is 30.2 Å². The molecule has 2 N–H and O–H groups in total. The molecule has 1 aliphatic rings. The van der Waals surface area contributed by atoms with Crippen molar-refractivity contribution in [3.8, 4) is 11.3 Å². The number of carbonyl (C=O) groups excluding carboxylic acids is 1. The zero-order valence-electron chi connectivity index (χ0n) is 17.9. The van der Waals surface area contributed by atoms with Gasteiger partial charge < -0.3 is 15.2 Å². The Balaban J connectivity index is 1.55. The minimum absolute atomic E-state index is 0.0240. The van der Waals surface area contributed by atoms with E-state index in [2.05, 4.69) is 9.97 Å². The molecule has 1 amide bonds. The van der Waals surface area contributed by atoms with Crippen LogP contribution in [-0.2, 0) is 30.5 Å². The number of pyridine rings is 1. The molecule has 0 aliphatic carbocycles. The number of nitrogens with zero attached hydrogens (tertiary/aromatic N) is 4. The lowest BCUT2D eigenvalue weighted by molar-refractivity contribution is -0.148. The molecular formula is C22H18F7N5O. The van der Waals surface area contributed by atoms with Crippen molar-refractivity contribution in [1.29, 1.82) is 0 Å². The van der Waals surface area contributed by atoms with E-state index < -0.39 is 47.3 Å². The summed E-state index contributed by atoms with van der Waals surface area (Å²) in [6.45, 7) is -0.665. The Kier molecular flexibility index (Phi) is 6.54. The topological polar surface area (TPSA) is 77.0 Å². The highest BCUT2D eigenvalue weighted by molar-refractivity contribution is 5.77. The molecule has 13 heteroatoms. The Bertz CT molecular complexity index is 1270. The number of halogens is 7. The summed E-state index contributed by atoms with van der Waals surface area (Å²) in [4.78, 5) is 21.1. The molecule has 0 spiro atoms. The standard InChI is InChI=1S/C22H18F7N5O/c23-14-9-16(25)15(24)7-11(14)6-12(30)8-18(35)33-4-5-34-17(10-33)19(32-21(34)22(27,28)29)13-2-1-3-31-20(13)26/h1-3,7,9,12H,4-6,8,10,30H2/t12-/m1/s1. The second kappa shape index (κ2) is 9.29. The first-order valence-electron chi connectivity index (χ1n) is 10.4. The predicted octanol–water partition coefficient (Wildman–Crippen LogP) is 3.82. The molecule has 0 saturated carbocycles. The van der Waals surface area contributed by atoms with Gasteiger partial charge in [-0.15, -0.1) is 0 Å². The summed E-state index contributed by atoms with van der Waals surface area (Å²) in [7, 11) is 0. The normalized spacial score (nSPS) is 14.7. The van der Waals surface area contributed by atoms with E-state index in [1.54, 1.807) is 0 Å². The highest BCUT2D eigenvalue weighted by atomic mass is 19.4. The quantitative estimate of drug-likeness (QED) is 0.328. The second-order valence-corrected chi connectivity index (χ2v) is 8.06. The van der Waals surface area contributed by atoms with Gasteiger partial charge in [0, 0.05) is 37.8 Å². The summed E-state index contributed by atoms with van der Waals surface area (Å²) in [6, 6.07) is 2.64. The summed E-state index contributed by atoms with van der Waals surface area (Å²) in [5, 5.41) is 0. The number of hydrogen-bond donors (Lipinski definition) is 1. The van der Waals surface area contributed by atoms with Gasteiger partial charge >= 0.3 is 6.18 Å². The molecule has 6 nitrogen and oxygen atoms in total. The molecule has 3 heterocycles. The van der Waals surface area contributed by atoms with Crippen LogP contribution in [0, 0.1) is 23.4 Å². The summed E-state index contributed by atoms with van der Waals surface area (Å²) in [5.41, 5.74) is 5.14. The Morgan fingerprint density at radius 2 is 1.80 bits per heavy atom. The molecule has 3 aromatic rings. The fraction of sp³-hybridized carbons (Fsp3) is 0.318. The van der Waals surface area contributed by atoms with Gasteiger partial charge in [-0.2, -0.15) is 17.6 Å². The molecule has 0 bridgehead atoms. The fourth-order valence-corrected chi connectivity index (χ4v) is 4.00. The number of alkyl halides is 3. The number of hydrogen-bond acceptors (Lipinski definition) is 4. The van der Waals surface area contributed by atoms with E-state index in [-0.39, 0.29) is 55.0 Å². The maximum absolute atomic E-state index is 14.3. The number of rotatable bonds is 5. The molecule has 2 aromatic heterocycles. The third-order valence-corrected chi connectivity index (χ3v) is 5.64. The molecule has 0 fully saturated rings. The van der Waals surface area contributed by atoms with Gasteiger partial charge in [-0.25, -0.2) is 23.1 Å². The zero-order chi connectivity index (χ0) is 25.5. The number of fused-ring (bicyclic) bond motifs is 1. The fourth-order valence-electron chi connectivity index (χ4n) is 4.00. The predicted molar refractivity (Wildman–Crippen MR) is 108 cm³/mol. The van der Waals surface area contributed by atoms with Crippen LogP contribution in [0.5, 0.6) is 0 Å². The van der Waals surface area contributed by atoms with Gasteiger partial charge in [-0.1, -0.05) is 0 Å². The highest BCUT2D eigenvalue weighted by Crippen LogP contribution is 2.36. The summed E-state index contributed by atoms with van der Waals surface area (Å²) in [6.07, 6.45) is -4.28. The van der Waals surface area contributed by atoms with Crippen molar-refractivity contribution in [2.45, 2.75) is 38.1 Å². The summed E-state index contributed by atoms with van der Waals surface area (Å²) < 4.78 is 96.2.